The Morgan fingerprint density at radius 1 is 0.881 bits per heavy atom. The summed E-state index contributed by atoms with van der Waals surface area (Å²) in [6.45, 7) is 15.5. The molecule has 5 N–H and O–H groups in total. The quantitative estimate of drug-likeness (QED) is 0.0298. The minimum atomic E-state index is -1.00. The molecule has 5 aromatic carbocycles. The molecule has 0 aliphatic carbocycles. The van der Waals surface area contributed by atoms with E-state index in [1.807, 2.05) is 88.0 Å². The first-order chi connectivity index (χ1) is 40.4. The lowest BCUT2D eigenvalue weighted by molar-refractivity contribution is -0.144. The largest absolute Gasteiger partial charge is 0.508 e. The van der Waals surface area contributed by atoms with E-state index in [0.29, 0.717) is 65.2 Å². The van der Waals surface area contributed by atoms with Gasteiger partial charge in [-0.05, 0) is 95.3 Å². The summed E-state index contributed by atoms with van der Waals surface area (Å²) >= 11 is 8.47. The number of hydrogen-bond acceptors (Lipinski definition) is 16. The fourth-order valence-electron chi connectivity index (χ4n) is 10.3. The van der Waals surface area contributed by atoms with E-state index in [9.17, 15) is 29.4 Å². The first-order valence-corrected chi connectivity index (χ1v) is 29.0. The molecular weight excluding hydrogens is 1120 g/mol. The smallest absolute Gasteiger partial charge is 0.246 e. The number of nitrogens with zero attached hydrogens (tertiary/aromatic N) is 6. The number of piperazine rings is 1. The number of aliphatic hydroxyl groups is 1. The highest BCUT2D eigenvalue weighted by Crippen LogP contribution is 2.43. The molecule has 0 bridgehead atoms. The van der Waals surface area contributed by atoms with Crippen molar-refractivity contribution in [3.63, 3.8) is 0 Å². The minimum absolute atomic E-state index is 0.0196. The van der Waals surface area contributed by atoms with E-state index in [1.165, 1.54) is 17.0 Å². The SMILES string of the molecule is C=CC(=O)N1CCN(c2nc(Nc3ccc(OCCOCCOCCOCC(=O)NC(C(=O)N4C[C@H](O)C[C@H]4C(=O)NC(C)c4ccc(-c5scnc5C)cc4)C(C)(C)C)cc3)nc3c(F)c(-c4cc(O)cc5ccccc45)c(Cl)cc23)CC1. The zero-order valence-corrected chi connectivity index (χ0v) is 49.1. The number of phenols is 1. The predicted octanol–water partition coefficient (Wildman–Crippen LogP) is 8.76. The molecule has 2 aliphatic rings. The van der Waals surface area contributed by atoms with E-state index in [2.05, 4.69) is 32.5 Å². The van der Waals surface area contributed by atoms with Gasteiger partial charge in [-0.1, -0.05) is 87.5 Å². The highest BCUT2D eigenvalue weighted by molar-refractivity contribution is 7.13. The number of carbonyl (C=O) groups excluding carboxylic acids is 4. The molecule has 22 heteroatoms. The van der Waals surface area contributed by atoms with Crippen molar-refractivity contribution in [1.29, 1.82) is 0 Å². The third kappa shape index (κ3) is 14.6. The van der Waals surface area contributed by atoms with Crippen LogP contribution in [0.15, 0.2) is 109 Å². The van der Waals surface area contributed by atoms with Crippen LogP contribution in [-0.2, 0) is 33.4 Å². The minimum Gasteiger partial charge on any atom is -0.508 e. The summed E-state index contributed by atoms with van der Waals surface area (Å²) in [4.78, 5) is 73.3. The third-order valence-corrected chi connectivity index (χ3v) is 16.0. The summed E-state index contributed by atoms with van der Waals surface area (Å²) in [5, 5.41) is 32.3. The molecule has 2 saturated heterocycles. The Balaban J connectivity index is 0.708. The number of halogens is 2. The van der Waals surface area contributed by atoms with E-state index < -0.39 is 47.1 Å². The molecule has 19 nitrogen and oxygen atoms in total. The number of ether oxygens (including phenoxy) is 4. The Bertz CT molecular complexity index is 3500. The van der Waals surface area contributed by atoms with Crippen LogP contribution >= 0.6 is 22.9 Å². The second kappa shape index (κ2) is 27.3. The van der Waals surface area contributed by atoms with E-state index in [4.69, 9.17) is 35.5 Å². The van der Waals surface area contributed by atoms with Gasteiger partial charge in [-0.15, -0.1) is 11.3 Å². The maximum Gasteiger partial charge on any atom is 0.246 e. The molecular formula is C62H69ClFN9O10S. The lowest BCUT2D eigenvalue weighted by Gasteiger charge is -2.35. The number of anilines is 3. The Hall–Kier alpha value is -7.79. The molecule has 0 spiro atoms. The molecule has 4 amide bonds. The molecule has 9 rings (SSSR count). The standard InChI is InChI=1S/C62H69ClFN9O10S/c1-7-52(77)71-20-22-72(23-21-71)58-48-33-49(63)53(47-31-43(74)30-41-10-8-9-11-46(41)47)54(64)55(48)69-61(70-58)67-42-16-18-45(19-17-42)83-29-28-81-25-24-80-26-27-82-35-51(76)68-57(62(4,5)6)60(79)73-34-44(75)32-50(73)59(78)66-37(2)39-12-14-40(15-13-39)56-38(3)65-36-84-56/h7-19,30-31,33,36-37,44,50,57,74-75H,1,20-29,32,34-35H2,2-6H3,(H,66,78)(H,68,76)(H,67,69,70)/t37?,44-,50+,57?/m1/s1. The number of aryl methyl sites for hydroxylation is 1. The van der Waals surface area contributed by atoms with Crippen LogP contribution in [0.25, 0.3) is 43.2 Å². The van der Waals surface area contributed by atoms with Gasteiger partial charge >= 0.3 is 0 Å². The summed E-state index contributed by atoms with van der Waals surface area (Å²) in [5.74, 6) is -1.14. The number of carbonyl (C=O) groups is 4. The molecule has 7 aromatic rings. The van der Waals surface area contributed by atoms with Gasteiger partial charge < -0.3 is 59.8 Å². The van der Waals surface area contributed by atoms with Gasteiger partial charge in [0, 0.05) is 55.8 Å². The fourth-order valence-corrected chi connectivity index (χ4v) is 11.4. The van der Waals surface area contributed by atoms with Crippen LogP contribution in [0, 0.1) is 18.2 Å². The van der Waals surface area contributed by atoms with Gasteiger partial charge in [0.2, 0.25) is 29.6 Å². The highest BCUT2D eigenvalue weighted by Gasteiger charge is 2.45. The number of β-amino-alcohol motifs (C(OH)–C–C–N with tert-alkyl or cyclic N) is 1. The number of aliphatic hydroxyl groups excluding tert-OH is 1. The second-order valence-corrected chi connectivity index (χ2v) is 23.0. The second-order valence-electron chi connectivity index (χ2n) is 21.7. The Kier molecular flexibility index (Phi) is 19.7. The number of fused-ring (bicyclic) bond motifs is 2. The van der Waals surface area contributed by atoms with Crippen molar-refractivity contribution in [3.8, 4) is 33.1 Å². The van der Waals surface area contributed by atoms with Crippen molar-refractivity contribution in [2.45, 2.75) is 65.3 Å². The molecule has 84 heavy (non-hydrogen) atoms. The summed E-state index contributed by atoms with van der Waals surface area (Å²) in [6.07, 6.45) is 0.448. The van der Waals surface area contributed by atoms with E-state index in [0.717, 1.165) is 21.7 Å². The molecule has 0 saturated carbocycles. The zero-order valence-electron chi connectivity index (χ0n) is 47.5. The van der Waals surface area contributed by atoms with Crippen molar-refractivity contribution in [2.24, 2.45) is 5.41 Å². The van der Waals surface area contributed by atoms with Gasteiger partial charge in [0.05, 0.1) is 66.3 Å². The molecule has 2 aromatic heterocycles. The number of nitrogens with one attached hydrogen (secondary N) is 3. The number of rotatable bonds is 23. The molecule has 4 atom stereocenters. The lowest BCUT2D eigenvalue weighted by Crippen LogP contribution is -2.58. The van der Waals surface area contributed by atoms with Crippen LogP contribution in [0.4, 0.5) is 21.8 Å². The van der Waals surface area contributed by atoms with E-state index in [1.54, 1.807) is 58.1 Å². The van der Waals surface area contributed by atoms with Crippen molar-refractivity contribution >= 4 is 85.7 Å². The number of amides is 4. The number of benzene rings is 5. The number of likely N-dealkylation sites (tertiary alicyclic amines) is 1. The van der Waals surface area contributed by atoms with Crippen molar-refractivity contribution < 1.29 is 52.7 Å². The lowest BCUT2D eigenvalue weighted by atomic mass is 9.85. The van der Waals surface area contributed by atoms with Crippen molar-refractivity contribution in [2.75, 3.05) is 89.2 Å². The van der Waals surface area contributed by atoms with Crippen LogP contribution < -0.4 is 25.6 Å². The van der Waals surface area contributed by atoms with E-state index >= 15 is 4.39 Å². The summed E-state index contributed by atoms with van der Waals surface area (Å²) < 4.78 is 39.9. The Labute approximate surface area is 495 Å². The molecule has 442 valence electrons. The van der Waals surface area contributed by atoms with Gasteiger partial charge in [0.15, 0.2) is 5.82 Å². The Morgan fingerprint density at radius 3 is 2.25 bits per heavy atom. The maximum atomic E-state index is 17.1. The van der Waals surface area contributed by atoms with Crippen molar-refractivity contribution in [1.82, 2.24) is 35.4 Å². The van der Waals surface area contributed by atoms with Crippen LogP contribution in [0.1, 0.15) is 51.4 Å². The molecule has 0 radical (unpaired) electrons. The van der Waals surface area contributed by atoms with Gasteiger partial charge in [0.1, 0.15) is 48.1 Å². The van der Waals surface area contributed by atoms with Gasteiger partial charge in [-0.2, -0.15) is 4.98 Å². The third-order valence-electron chi connectivity index (χ3n) is 14.7. The van der Waals surface area contributed by atoms with Gasteiger partial charge in [-0.3, -0.25) is 19.2 Å². The molecule has 2 unspecified atom stereocenters. The number of aromatic nitrogens is 3. The fraction of sp³-hybridized carbons (Fsp3) is 0.371. The van der Waals surface area contributed by atoms with Crippen LogP contribution in [0.3, 0.4) is 0 Å². The van der Waals surface area contributed by atoms with Crippen LogP contribution in [-0.4, -0.2) is 156 Å². The molecule has 4 heterocycles. The summed E-state index contributed by atoms with van der Waals surface area (Å²) in [7, 11) is 0. The van der Waals surface area contributed by atoms with Crippen LogP contribution in [0.2, 0.25) is 5.02 Å². The van der Waals surface area contributed by atoms with Crippen molar-refractivity contribution in [3.05, 3.63) is 131 Å². The maximum absolute atomic E-state index is 17.1. The van der Waals surface area contributed by atoms with Crippen LogP contribution in [0.5, 0.6) is 11.5 Å². The van der Waals surface area contributed by atoms with Gasteiger partial charge in [0.25, 0.3) is 0 Å². The predicted molar refractivity (Wildman–Crippen MR) is 322 cm³/mol. The average Bonchev–Trinajstić information content (AvgIpc) is 1.73. The monoisotopic (exact) mass is 1190 g/mol. The Morgan fingerprint density at radius 2 is 1.57 bits per heavy atom. The summed E-state index contributed by atoms with van der Waals surface area (Å²) in [5.41, 5.74) is 5.06. The number of hydrogen-bond donors (Lipinski definition) is 5. The number of thiazole rings is 1. The molecule has 2 aliphatic heterocycles. The first kappa shape index (κ1) is 60.8. The highest BCUT2D eigenvalue weighted by atomic mass is 35.5. The normalized spacial score (nSPS) is 16.2. The topological polar surface area (TPSA) is 230 Å². The molecule has 2 fully saturated rings. The average molecular weight is 1190 g/mol. The number of aromatic hydroxyl groups is 1. The van der Waals surface area contributed by atoms with Gasteiger partial charge in [-0.25, -0.2) is 14.4 Å². The summed E-state index contributed by atoms with van der Waals surface area (Å²) in [6, 6.07) is 24.7. The number of phenolic OH excluding ortho intramolecular Hbond substituents is 1. The zero-order chi connectivity index (χ0) is 59.7. The van der Waals surface area contributed by atoms with E-state index in [-0.39, 0.29) is 99.0 Å². The first-order valence-electron chi connectivity index (χ1n) is 27.8.